The van der Waals surface area contributed by atoms with Gasteiger partial charge in [0.15, 0.2) is 5.69 Å². The van der Waals surface area contributed by atoms with E-state index in [1.165, 1.54) is 12.1 Å². The van der Waals surface area contributed by atoms with Crippen molar-refractivity contribution in [3.05, 3.63) is 76.1 Å². The summed E-state index contributed by atoms with van der Waals surface area (Å²) in [6.45, 7) is -1.02. The maximum Gasteiger partial charge on any atom is 0.333 e. The van der Waals surface area contributed by atoms with Crippen molar-refractivity contribution in [3.8, 4) is 11.5 Å². The van der Waals surface area contributed by atoms with Crippen molar-refractivity contribution >= 4 is 17.3 Å². The number of amides is 1. The number of hydrogen-bond donors (Lipinski definition) is 1. The van der Waals surface area contributed by atoms with Crippen LogP contribution in [0.4, 0.5) is 20.2 Å². The van der Waals surface area contributed by atoms with Gasteiger partial charge < -0.3 is 10.1 Å². The van der Waals surface area contributed by atoms with E-state index in [1.807, 2.05) is 13.0 Å². The highest BCUT2D eigenvalue weighted by Gasteiger charge is 2.17. The van der Waals surface area contributed by atoms with Gasteiger partial charge in [-0.25, -0.2) is 4.68 Å². The maximum atomic E-state index is 12.6. The molecule has 0 spiro atoms. The molecule has 0 unspecified atom stereocenters. The minimum absolute atomic E-state index is 0.0634. The number of aryl methyl sites for hydroxylation is 1. The fraction of sp³-hybridized carbons (Fsp3) is 0.111. The number of carbonyl (C=O) groups is 1. The fourth-order valence-corrected chi connectivity index (χ4v) is 2.40. The summed E-state index contributed by atoms with van der Waals surface area (Å²) < 4.78 is 31.1. The molecule has 1 N–H and O–H groups in total. The van der Waals surface area contributed by atoms with Gasteiger partial charge in [0, 0.05) is 18.3 Å². The van der Waals surface area contributed by atoms with Crippen molar-refractivity contribution in [2.45, 2.75) is 13.5 Å². The van der Waals surface area contributed by atoms with Crippen LogP contribution in [0.25, 0.3) is 0 Å². The van der Waals surface area contributed by atoms with E-state index in [1.54, 1.807) is 18.2 Å². The van der Waals surface area contributed by atoms with Gasteiger partial charge in [0.05, 0.1) is 16.7 Å². The number of ether oxygens (including phenoxy) is 1. The third-order valence-corrected chi connectivity index (χ3v) is 3.63. The van der Waals surface area contributed by atoms with Crippen LogP contribution in [0.5, 0.6) is 11.5 Å². The number of nitro benzene ring substituents is 1. The quantitative estimate of drug-likeness (QED) is 0.494. The van der Waals surface area contributed by atoms with Gasteiger partial charge in [-0.1, -0.05) is 12.1 Å². The summed E-state index contributed by atoms with van der Waals surface area (Å²) in [6, 6.07) is 11.9. The van der Waals surface area contributed by atoms with Crippen molar-refractivity contribution in [1.29, 1.82) is 0 Å². The minimum Gasteiger partial charge on any atom is -0.457 e. The lowest BCUT2D eigenvalue weighted by atomic mass is 10.2. The number of nitro groups is 1. The van der Waals surface area contributed by atoms with E-state index in [0.29, 0.717) is 10.4 Å². The molecule has 1 heterocycles. The number of rotatable bonds is 6. The average Bonchev–Trinajstić information content (AvgIpc) is 3.12. The van der Waals surface area contributed by atoms with Gasteiger partial charge in [-0.3, -0.25) is 14.9 Å². The Morgan fingerprint density at radius 1 is 1.21 bits per heavy atom. The number of nitrogens with one attached hydrogen (secondary N) is 1. The molecule has 1 aromatic heterocycles. The van der Waals surface area contributed by atoms with Crippen molar-refractivity contribution < 1.29 is 23.2 Å². The maximum absolute atomic E-state index is 12.6. The second-order valence-electron chi connectivity index (χ2n) is 5.80. The molecule has 0 saturated heterocycles. The highest BCUT2D eigenvalue weighted by molar-refractivity contribution is 6.03. The summed E-state index contributed by atoms with van der Waals surface area (Å²) in [6.07, 6.45) is 0.958. The monoisotopic (exact) mass is 388 g/mol. The van der Waals surface area contributed by atoms with Gasteiger partial charge in [-0.05, 0) is 30.7 Å². The standard InChI is InChI=1S/C18H14F2N4O4/c1-11-3-2-4-14(7-11)28-15-9-12(8-13(10-15)24(26)27)21-17(25)16-5-6-23(22-16)18(19)20/h2-10,18H,1H3,(H,21,25). The predicted octanol–water partition coefficient (Wildman–Crippen LogP) is 4.54. The van der Waals surface area contributed by atoms with Crippen molar-refractivity contribution in [3.63, 3.8) is 0 Å². The number of halogens is 2. The van der Waals surface area contributed by atoms with E-state index in [0.717, 1.165) is 23.9 Å². The van der Waals surface area contributed by atoms with Crippen LogP contribution in [0.15, 0.2) is 54.7 Å². The van der Waals surface area contributed by atoms with Gasteiger partial charge >= 0.3 is 6.55 Å². The lowest BCUT2D eigenvalue weighted by molar-refractivity contribution is -0.384. The molecule has 1 amide bonds. The van der Waals surface area contributed by atoms with E-state index >= 15 is 0 Å². The Kier molecular flexibility index (Phi) is 5.30. The van der Waals surface area contributed by atoms with Gasteiger partial charge in [0.2, 0.25) is 0 Å². The summed E-state index contributed by atoms with van der Waals surface area (Å²) in [5.41, 5.74) is 0.436. The van der Waals surface area contributed by atoms with Crippen LogP contribution in [0.2, 0.25) is 0 Å². The predicted molar refractivity (Wildman–Crippen MR) is 95.8 cm³/mol. The zero-order chi connectivity index (χ0) is 20.3. The number of non-ortho nitro benzene ring substituents is 1. The van der Waals surface area contributed by atoms with Gasteiger partial charge in [0.25, 0.3) is 11.6 Å². The Bertz CT molecular complexity index is 1040. The Morgan fingerprint density at radius 3 is 2.64 bits per heavy atom. The normalized spacial score (nSPS) is 10.7. The molecular formula is C18H14F2N4O4. The number of carbonyl (C=O) groups excluding carboxylic acids is 1. The first-order chi connectivity index (χ1) is 13.3. The largest absolute Gasteiger partial charge is 0.457 e. The first kappa shape index (κ1) is 19.0. The van der Waals surface area contributed by atoms with Crippen LogP contribution in [0.1, 0.15) is 22.6 Å². The van der Waals surface area contributed by atoms with E-state index in [2.05, 4.69) is 10.4 Å². The number of aromatic nitrogens is 2. The average molecular weight is 388 g/mol. The van der Waals surface area contributed by atoms with E-state index < -0.39 is 17.4 Å². The van der Waals surface area contributed by atoms with E-state index in [-0.39, 0.29) is 22.8 Å². The summed E-state index contributed by atoms with van der Waals surface area (Å²) in [5, 5.41) is 17.0. The second-order valence-corrected chi connectivity index (χ2v) is 5.80. The summed E-state index contributed by atoms with van der Waals surface area (Å²) in [7, 11) is 0. The minimum atomic E-state index is -2.88. The van der Waals surface area contributed by atoms with Gasteiger partial charge in [-0.2, -0.15) is 13.9 Å². The van der Waals surface area contributed by atoms with Gasteiger partial charge in [0.1, 0.15) is 11.5 Å². The van der Waals surface area contributed by atoms with Crippen LogP contribution in [0, 0.1) is 17.0 Å². The molecule has 3 aromatic rings. The molecule has 0 radical (unpaired) electrons. The number of anilines is 1. The Balaban J connectivity index is 1.86. The van der Waals surface area contributed by atoms with Crippen LogP contribution < -0.4 is 10.1 Å². The molecule has 10 heteroatoms. The molecule has 0 fully saturated rings. The molecule has 0 aliphatic heterocycles. The Labute approximate surface area is 157 Å². The van der Waals surface area contributed by atoms with Crippen LogP contribution in [-0.2, 0) is 0 Å². The molecule has 0 aliphatic rings. The first-order valence-corrected chi connectivity index (χ1v) is 8.00. The Hall–Kier alpha value is -3.82. The highest BCUT2D eigenvalue weighted by Crippen LogP contribution is 2.30. The molecule has 28 heavy (non-hydrogen) atoms. The van der Waals surface area contributed by atoms with Crippen LogP contribution in [-0.4, -0.2) is 20.6 Å². The molecule has 144 valence electrons. The number of alkyl halides is 2. The van der Waals surface area contributed by atoms with Crippen molar-refractivity contribution in [2.75, 3.05) is 5.32 Å². The zero-order valence-electron chi connectivity index (χ0n) is 14.5. The highest BCUT2D eigenvalue weighted by atomic mass is 19.3. The molecular weight excluding hydrogens is 374 g/mol. The first-order valence-electron chi connectivity index (χ1n) is 8.00. The molecule has 0 aliphatic carbocycles. The number of hydrogen-bond acceptors (Lipinski definition) is 5. The fourth-order valence-electron chi connectivity index (χ4n) is 2.40. The van der Waals surface area contributed by atoms with Crippen molar-refractivity contribution in [2.24, 2.45) is 0 Å². The summed E-state index contributed by atoms with van der Waals surface area (Å²) >= 11 is 0. The third kappa shape index (κ3) is 4.47. The number of benzene rings is 2. The lowest BCUT2D eigenvalue weighted by Crippen LogP contribution is -2.13. The van der Waals surface area contributed by atoms with Crippen molar-refractivity contribution in [1.82, 2.24) is 9.78 Å². The molecule has 0 bridgehead atoms. The van der Waals surface area contributed by atoms with E-state index in [9.17, 15) is 23.7 Å². The van der Waals surface area contributed by atoms with Gasteiger partial charge in [-0.15, -0.1) is 0 Å². The third-order valence-electron chi connectivity index (χ3n) is 3.63. The molecule has 3 rings (SSSR count). The molecule has 8 nitrogen and oxygen atoms in total. The Morgan fingerprint density at radius 2 is 2.00 bits per heavy atom. The van der Waals surface area contributed by atoms with E-state index in [4.69, 9.17) is 4.74 Å². The molecule has 0 atom stereocenters. The zero-order valence-corrected chi connectivity index (χ0v) is 14.5. The SMILES string of the molecule is Cc1cccc(Oc2cc(NC(=O)c3ccn(C(F)F)n3)cc([N+](=O)[O-])c2)c1. The smallest absolute Gasteiger partial charge is 0.333 e. The summed E-state index contributed by atoms with van der Waals surface area (Å²) in [5.74, 6) is -0.192. The molecule has 0 saturated carbocycles. The lowest BCUT2D eigenvalue weighted by Gasteiger charge is -2.09. The summed E-state index contributed by atoms with van der Waals surface area (Å²) in [4.78, 5) is 22.8. The van der Waals surface area contributed by atoms with Crippen LogP contribution >= 0.6 is 0 Å². The second kappa shape index (κ2) is 7.82. The molecule has 2 aromatic carbocycles. The van der Waals surface area contributed by atoms with Crippen LogP contribution in [0.3, 0.4) is 0 Å². The number of nitrogens with zero attached hydrogens (tertiary/aromatic N) is 3. The topological polar surface area (TPSA) is 99.3 Å².